The Balaban J connectivity index is 2.30. The van der Waals surface area contributed by atoms with Gasteiger partial charge in [0.25, 0.3) is 0 Å². The van der Waals surface area contributed by atoms with Gasteiger partial charge in [-0.15, -0.1) is 0 Å². The first-order valence-corrected chi connectivity index (χ1v) is 7.48. The monoisotopic (exact) mass is 289 g/mol. The van der Waals surface area contributed by atoms with Gasteiger partial charge in [-0.05, 0) is 36.6 Å². The molecule has 2 amide bonds. The number of carbonyl (C=O) groups is 2. The second kappa shape index (κ2) is 6.72. The fourth-order valence-electron chi connectivity index (χ4n) is 2.54. The lowest BCUT2D eigenvalue weighted by molar-refractivity contribution is -0.123. The molecule has 1 heterocycles. The number of amides is 2. The lowest BCUT2D eigenvalue weighted by Gasteiger charge is -2.24. The average molecular weight is 289 g/mol. The van der Waals surface area contributed by atoms with Crippen molar-refractivity contribution in [3.05, 3.63) is 23.8 Å². The first kappa shape index (κ1) is 15.5. The van der Waals surface area contributed by atoms with E-state index in [1.807, 2.05) is 18.2 Å². The second-order valence-corrected chi connectivity index (χ2v) is 5.75. The molecule has 0 saturated carbocycles. The van der Waals surface area contributed by atoms with E-state index in [4.69, 9.17) is 0 Å². The molecule has 0 aliphatic carbocycles. The van der Waals surface area contributed by atoms with Crippen molar-refractivity contribution in [1.29, 1.82) is 0 Å². The van der Waals surface area contributed by atoms with Crippen LogP contribution in [0.4, 0.5) is 11.4 Å². The summed E-state index contributed by atoms with van der Waals surface area (Å²) in [6, 6.07) is 6.04. The molecule has 1 aromatic rings. The molecular weight excluding hydrogens is 266 g/mol. The zero-order chi connectivity index (χ0) is 15.4. The van der Waals surface area contributed by atoms with E-state index in [9.17, 15) is 9.59 Å². The second-order valence-electron chi connectivity index (χ2n) is 5.75. The Morgan fingerprint density at radius 1 is 1.14 bits per heavy atom. The van der Waals surface area contributed by atoms with Crippen molar-refractivity contribution in [2.75, 3.05) is 17.2 Å². The molecule has 0 saturated heterocycles. The summed E-state index contributed by atoms with van der Waals surface area (Å²) in [6.45, 7) is 7.42. The molecule has 1 aliphatic rings. The van der Waals surface area contributed by atoms with Crippen molar-refractivity contribution in [3.8, 4) is 0 Å². The van der Waals surface area contributed by atoms with Gasteiger partial charge in [0.15, 0.2) is 0 Å². The number of fused-ring (bicyclic) bond motifs is 1. The number of nitrogens with one attached hydrogen (secondary N) is 3. The van der Waals surface area contributed by atoms with Crippen LogP contribution in [0.1, 0.15) is 45.2 Å². The number of rotatable bonds is 5. The van der Waals surface area contributed by atoms with E-state index in [-0.39, 0.29) is 24.3 Å². The van der Waals surface area contributed by atoms with Crippen LogP contribution in [0.3, 0.4) is 0 Å². The normalized spacial score (nSPS) is 16.0. The van der Waals surface area contributed by atoms with E-state index >= 15 is 0 Å². The number of anilines is 2. The van der Waals surface area contributed by atoms with E-state index in [2.05, 4.69) is 36.7 Å². The summed E-state index contributed by atoms with van der Waals surface area (Å²) in [7, 11) is 0. The molecule has 0 radical (unpaired) electrons. The number of benzene rings is 1. The molecule has 1 aromatic carbocycles. The third kappa shape index (κ3) is 3.82. The highest BCUT2D eigenvalue weighted by Gasteiger charge is 2.21. The van der Waals surface area contributed by atoms with Gasteiger partial charge in [-0.25, -0.2) is 0 Å². The summed E-state index contributed by atoms with van der Waals surface area (Å²) >= 11 is 0. The van der Waals surface area contributed by atoms with Gasteiger partial charge >= 0.3 is 0 Å². The molecule has 5 heteroatoms. The topological polar surface area (TPSA) is 70.2 Å². The highest BCUT2D eigenvalue weighted by Crippen LogP contribution is 2.30. The van der Waals surface area contributed by atoms with E-state index in [1.54, 1.807) is 0 Å². The summed E-state index contributed by atoms with van der Waals surface area (Å²) in [5.41, 5.74) is 2.45. The van der Waals surface area contributed by atoms with Crippen molar-refractivity contribution in [1.82, 2.24) is 5.32 Å². The molecule has 2 rings (SSSR count). The van der Waals surface area contributed by atoms with Crippen LogP contribution in [0.2, 0.25) is 0 Å². The Labute approximate surface area is 125 Å². The van der Waals surface area contributed by atoms with Crippen LogP contribution in [0.5, 0.6) is 0 Å². The molecule has 1 unspecified atom stereocenters. The number of carbonyl (C=O) groups excluding carboxylic acids is 2. The smallest absolute Gasteiger partial charge is 0.233 e. The van der Waals surface area contributed by atoms with Crippen molar-refractivity contribution in [3.63, 3.8) is 0 Å². The summed E-state index contributed by atoms with van der Waals surface area (Å²) < 4.78 is 0. The fraction of sp³-hybridized carbons (Fsp3) is 0.500. The van der Waals surface area contributed by atoms with E-state index in [0.29, 0.717) is 17.3 Å². The van der Waals surface area contributed by atoms with E-state index in [1.165, 1.54) is 0 Å². The van der Waals surface area contributed by atoms with Crippen molar-refractivity contribution in [2.45, 2.75) is 39.7 Å². The zero-order valence-electron chi connectivity index (χ0n) is 12.8. The molecule has 0 bridgehead atoms. The molecule has 114 valence electrons. The molecule has 0 aromatic heterocycles. The van der Waals surface area contributed by atoms with Gasteiger partial charge in [0.1, 0.15) is 6.42 Å². The quantitative estimate of drug-likeness (QED) is 0.730. The maximum absolute atomic E-state index is 11.7. The van der Waals surface area contributed by atoms with Gasteiger partial charge < -0.3 is 16.0 Å². The minimum Gasteiger partial charge on any atom is -0.324 e. The van der Waals surface area contributed by atoms with Crippen LogP contribution in [0, 0.1) is 5.92 Å². The summed E-state index contributed by atoms with van der Waals surface area (Å²) in [6.07, 6.45) is 0.937. The third-order valence-corrected chi connectivity index (χ3v) is 3.55. The standard InChI is InChI=1S/C16H23N3O2/c1-4-7-17-16(10(2)3)11-5-6-12-13(8-11)19-15(21)9-14(20)18-12/h5-6,8,10,16-17H,4,7,9H2,1-3H3,(H,18,20)(H,19,21). The van der Waals surface area contributed by atoms with Crippen molar-refractivity contribution in [2.24, 2.45) is 5.92 Å². The lowest BCUT2D eigenvalue weighted by Crippen LogP contribution is -2.26. The van der Waals surface area contributed by atoms with Crippen LogP contribution in [-0.2, 0) is 9.59 Å². The average Bonchev–Trinajstić information content (AvgIpc) is 2.54. The highest BCUT2D eigenvalue weighted by atomic mass is 16.2. The molecule has 1 atom stereocenters. The Morgan fingerprint density at radius 2 is 1.81 bits per heavy atom. The van der Waals surface area contributed by atoms with Gasteiger partial charge in [-0.1, -0.05) is 26.8 Å². The van der Waals surface area contributed by atoms with Gasteiger partial charge in [0.05, 0.1) is 11.4 Å². The minimum absolute atomic E-state index is 0.133. The summed E-state index contributed by atoms with van der Waals surface area (Å²) in [4.78, 5) is 23.2. The largest absolute Gasteiger partial charge is 0.324 e. The Bertz CT molecular complexity index is 540. The first-order valence-electron chi connectivity index (χ1n) is 7.48. The van der Waals surface area contributed by atoms with E-state index < -0.39 is 0 Å². The molecule has 21 heavy (non-hydrogen) atoms. The maximum atomic E-state index is 11.7. The Morgan fingerprint density at radius 3 is 2.43 bits per heavy atom. The third-order valence-electron chi connectivity index (χ3n) is 3.55. The lowest BCUT2D eigenvalue weighted by atomic mass is 9.95. The Kier molecular flexibility index (Phi) is 4.96. The molecule has 1 aliphatic heterocycles. The van der Waals surface area contributed by atoms with Crippen LogP contribution in [0.15, 0.2) is 18.2 Å². The molecule has 0 fully saturated rings. The van der Waals surface area contributed by atoms with Gasteiger partial charge in [-0.2, -0.15) is 0 Å². The summed E-state index contributed by atoms with van der Waals surface area (Å²) in [5, 5.41) is 9.07. The predicted molar refractivity (Wildman–Crippen MR) is 84.2 cm³/mol. The van der Waals surface area contributed by atoms with Crippen LogP contribution in [0.25, 0.3) is 0 Å². The highest BCUT2D eigenvalue weighted by molar-refractivity contribution is 6.13. The van der Waals surface area contributed by atoms with Gasteiger partial charge in [0, 0.05) is 6.04 Å². The predicted octanol–water partition coefficient (Wildman–Crippen LogP) is 2.66. The molecule has 0 spiro atoms. The SMILES string of the molecule is CCCNC(c1ccc2c(c1)NC(=O)CC(=O)N2)C(C)C. The molecular formula is C16H23N3O2. The number of hydrogen-bond acceptors (Lipinski definition) is 3. The molecule has 3 N–H and O–H groups in total. The molecule has 5 nitrogen and oxygen atoms in total. The van der Waals surface area contributed by atoms with Crippen molar-refractivity contribution < 1.29 is 9.59 Å². The summed E-state index contributed by atoms with van der Waals surface area (Å²) in [5.74, 6) is -0.111. The van der Waals surface area contributed by atoms with Crippen LogP contribution < -0.4 is 16.0 Å². The number of hydrogen-bond donors (Lipinski definition) is 3. The van der Waals surface area contributed by atoms with Gasteiger partial charge in [0.2, 0.25) is 11.8 Å². The maximum Gasteiger partial charge on any atom is 0.233 e. The van der Waals surface area contributed by atoms with E-state index in [0.717, 1.165) is 18.5 Å². The minimum atomic E-state index is -0.275. The fourth-order valence-corrected chi connectivity index (χ4v) is 2.54. The van der Waals surface area contributed by atoms with Crippen LogP contribution >= 0.6 is 0 Å². The Hall–Kier alpha value is -1.88. The van der Waals surface area contributed by atoms with Crippen molar-refractivity contribution >= 4 is 23.2 Å². The van der Waals surface area contributed by atoms with Crippen LogP contribution in [-0.4, -0.2) is 18.4 Å². The first-order chi connectivity index (χ1) is 10.0. The van der Waals surface area contributed by atoms with Gasteiger partial charge in [-0.3, -0.25) is 9.59 Å². The zero-order valence-corrected chi connectivity index (χ0v) is 12.8.